The minimum atomic E-state index is -0.876. The number of nitrogens with one attached hydrogen (secondary N) is 2. The number of hydrogen-bond acceptors (Lipinski definition) is 7. The van der Waals surface area contributed by atoms with E-state index in [1.807, 2.05) is 79.7 Å². The maximum atomic E-state index is 10.6. The zero-order chi connectivity index (χ0) is 22.1. The maximum absolute atomic E-state index is 10.6. The zero-order valence-electron chi connectivity index (χ0n) is 17.6. The second kappa shape index (κ2) is 8.12. The SMILES string of the molecule is CN(C)c1ccc(C(O)Nc2ccc3[nH]c(-c4ccc(-n5cncn5)cc4)nc3n2)cc1. The molecule has 0 radical (unpaired) electrons. The van der Waals surface area contributed by atoms with Gasteiger partial charge in [0.25, 0.3) is 0 Å². The highest BCUT2D eigenvalue weighted by molar-refractivity contribution is 5.77. The molecule has 0 saturated carbocycles. The van der Waals surface area contributed by atoms with Crippen molar-refractivity contribution in [3.05, 3.63) is 78.9 Å². The van der Waals surface area contributed by atoms with Crippen molar-refractivity contribution < 1.29 is 5.11 Å². The van der Waals surface area contributed by atoms with E-state index in [9.17, 15) is 5.11 Å². The van der Waals surface area contributed by atoms with E-state index >= 15 is 0 Å². The normalized spacial score (nSPS) is 12.1. The van der Waals surface area contributed by atoms with Crippen molar-refractivity contribution in [1.29, 1.82) is 0 Å². The van der Waals surface area contributed by atoms with Crippen LogP contribution in [0.25, 0.3) is 28.2 Å². The van der Waals surface area contributed by atoms with Gasteiger partial charge in [-0.15, -0.1) is 0 Å². The minimum absolute atomic E-state index is 0.543. The lowest BCUT2D eigenvalue weighted by Crippen LogP contribution is -2.12. The molecule has 0 aliphatic rings. The number of hydrogen-bond donors (Lipinski definition) is 3. The fourth-order valence-electron chi connectivity index (χ4n) is 3.40. The number of H-pyrrole nitrogens is 1. The van der Waals surface area contributed by atoms with Crippen molar-refractivity contribution in [2.75, 3.05) is 24.3 Å². The highest BCUT2D eigenvalue weighted by Gasteiger charge is 2.11. The molecule has 0 aliphatic heterocycles. The number of aromatic amines is 1. The molecule has 0 amide bonds. The van der Waals surface area contributed by atoms with E-state index in [-0.39, 0.29) is 0 Å². The summed E-state index contributed by atoms with van der Waals surface area (Å²) >= 11 is 0. The third-order valence-electron chi connectivity index (χ3n) is 5.18. The quantitative estimate of drug-likeness (QED) is 0.357. The topological polar surface area (TPSA) is 108 Å². The van der Waals surface area contributed by atoms with Crippen LogP contribution in [0, 0.1) is 0 Å². The predicted molar refractivity (Wildman–Crippen MR) is 124 cm³/mol. The van der Waals surface area contributed by atoms with E-state index in [1.54, 1.807) is 11.0 Å². The molecule has 3 aromatic heterocycles. The lowest BCUT2D eigenvalue weighted by Gasteiger charge is -2.16. The van der Waals surface area contributed by atoms with Crippen LogP contribution in [0.15, 0.2) is 73.3 Å². The van der Waals surface area contributed by atoms with E-state index in [2.05, 4.69) is 30.4 Å². The Labute approximate surface area is 184 Å². The van der Waals surface area contributed by atoms with Crippen LogP contribution < -0.4 is 10.2 Å². The smallest absolute Gasteiger partial charge is 0.180 e. The lowest BCUT2D eigenvalue weighted by atomic mass is 10.1. The molecule has 1 unspecified atom stereocenters. The second-order valence-corrected chi connectivity index (χ2v) is 7.57. The summed E-state index contributed by atoms with van der Waals surface area (Å²) in [6.45, 7) is 0. The van der Waals surface area contributed by atoms with Crippen LogP contribution >= 0.6 is 0 Å². The molecule has 5 aromatic rings. The molecule has 9 heteroatoms. The van der Waals surface area contributed by atoms with Gasteiger partial charge in [0, 0.05) is 30.9 Å². The van der Waals surface area contributed by atoms with Gasteiger partial charge < -0.3 is 20.3 Å². The van der Waals surface area contributed by atoms with E-state index in [1.165, 1.54) is 6.33 Å². The first kappa shape index (κ1) is 19.7. The number of rotatable bonds is 6. The Balaban J connectivity index is 1.34. The van der Waals surface area contributed by atoms with Gasteiger partial charge in [0.1, 0.15) is 24.3 Å². The molecule has 3 heterocycles. The van der Waals surface area contributed by atoms with Crippen molar-refractivity contribution in [1.82, 2.24) is 29.7 Å². The summed E-state index contributed by atoms with van der Waals surface area (Å²) < 4.78 is 1.70. The van der Waals surface area contributed by atoms with Crippen molar-refractivity contribution in [3.8, 4) is 17.1 Å². The molecule has 3 N–H and O–H groups in total. The molecule has 9 nitrogen and oxygen atoms in total. The van der Waals surface area contributed by atoms with Gasteiger partial charge in [-0.05, 0) is 48.5 Å². The summed E-state index contributed by atoms with van der Waals surface area (Å²) in [7, 11) is 3.96. The molecule has 1 atom stereocenters. The number of benzene rings is 2. The van der Waals surface area contributed by atoms with E-state index in [4.69, 9.17) is 0 Å². The molecule has 2 aromatic carbocycles. The minimum Gasteiger partial charge on any atom is -0.378 e. The fourth-order valence-corrected chi connectivity index (χ4v) is 3.40. The van der Waals surface area contributed by atoms with Crippen LogP contribution in [0.2, 0.25) is 0 Å². The number of fused-ring (bicyclic) bond motifs is 1. The van der Waals surface area contributed by atoms with Crippen molar-refractivity contribution >= 4 is 22.7 Å². The molecule has 0 aliphatic carbocycles. The Morgan fingerprint density at radius 3 is 2.44 bits per heavy atom. The van der Waals surface area contributed by atoms with Gasteiger partial charge in [-0.25, -0.2) is 19.6 Å². The standard InChI is InChI=1S/C23H22N8O/c1-30(2)17-7-5-16(6-8-17)23(32)28-20-12-11-19-22(27-20)29-21(26-19)15-3-9-18(10-4-15)31-14-24-13-25-31/h3-14,23,32H,1-2H3,(H2,26,27,28,29). The Kier molecular flexibility index (Phi) is 5.00. The largest absolute Gasteiger partial charge is 0.378 e. The number of aliphatic hydroxyl groups is 1. The molecular formula is C23H22N8O. The summed E-state index contributed by atoms with van der Waals surface area (Å²) in [5.41, 5.74) is 5.06. The molecule has 0 fully saturated rings. The Morgan fingerprint density at radius 2 is 1.75 bits per heavy atom. The van der Waals surface area contributed by atoms with Crippen LogP contribution in [0.1, 0.15) is 11.8 Å². The van der Waals surface area contributed by atoms with E-state index < -0.39 is 6.23 Å². The monoisotopic (exact) mass is 426 g/mol. The first-order valence-electron chi connectivity index (χ1n) is 10.1. The average Bonchev–Trinajstić information content (AvgIpc) is 3.49. The molecule has 160 valence electrons. The van der Waals surface area contributed by atoms with Crippen molar-refractivity contribution in [3.63, 3.8) is 0 Å². The number of aromatic nitrogens is 6. The molecular weight excluding hydrogens is 404 g/mol. The van der Waals surface area contributed by atoms with Gasteiger partial charge in [-0.2, -0.15) is 5.10 Å². The second-order valence-electron chi connectivity index (χ2n) is 7.57. The number of anilines is 2. The number of aliphatic hydroxyl groups excluding tert-OH is 1. The van der Waals surface area contributed by atoms with Gasteiger partial charge >= 0.3 is 0 Å². The molecule has 32 heavy (non-hydrogen) atoms. The number of imidazole rings is 1. The Hall–Kier alpha value is -4.24. The zero-order valence-corrected chi connectivity index (χ0v) is 17.6. The lowest BCUT2D eigenvalue weighted by molar-refractivity contribution is 0.208. The summed E-state index contributed by atoms with van der Waals surface area (Å²) in [5.74, 6) is 1.26. The maximum Gasteiger partial charge on any atom is 0.180 e. The molecule has 0 saturated heterocycles. The average molecular weight is 426 g/mol. The highest BCUT2D eigenvalue weighted by atomic mass is 16.3. The Bertz CT molecular complexity index is 1330. The van der Waals surface area contributed by atoms with Crippen LogP contribution in [-0.2, 0) is 0 Å². The molecule has 5 rings (SSSR count). The third kappa shape index (κ3) is 3.88. The predicted octanol–water partition coefficient (Wildman–Crippen LogP) is 3.37. The van der Waals surface area contributed by atoms with Gasteiger partial charge in [-0.1, -0.05) is 12.1 Å². The van der Waals surface area contributed by atoms with E-state index in [0.29, 0.717) is 11.5 Å². The summed E-state index contributed by atoms with van der Waals surface area (Å²) in [6, 6.07) is 19.3. The third-order valence-corrected chi connectivity index (χ3v) is 5.18. The number of pyridine rings is 1. The number of nitrogens with zero attached hydrogens (tertiary/aromatic N) is 6. The van der Waals surface area contributed by atoms with Gasteiger partial charge in [-0.3, -0.25) is 0 Å². The summed E-state index contributed by atoms with van der Waals surface area (Å²) in [5, 5.41) is 17.7. The molecule has 0 bridgehead atoms. The van der Waals surface area contributed by atoms with Gasteiger partial charge in [0.05, 0.1) is 11.2 Å². The first-order chi connectivity index (χ1) is 15.6. The van der Waals surface area contributed by atoms with Crippen molar-refractivity contribution in [2.45, 2.75) is 6.23 Å². The van der Waals surface area contributed by atoms with Crippen LogP contribution in [0.3, 0.4) is 0 Å². The van der Waals surface area contributed by atoms with Crippen molar-refractivity contribution in [2.24, 2.45) is 0 Å². The fraction of sp³-hybridized carbons (Fsp3) is 0.130. The summed E-state index contributed by atoms with van der Waals surface area (Å²) in [6.07, 6.45) is 2.28. The van der Waals surface area contributed by atoms with Gasteiger partial charge in [0.2, 0.25) is 0 Å². The Morgan fingerprint density at radius 1 is 0.969 bits per heavy atom. The first-order valence-corrected chi connectivity index (χ1v) is 10.1. The van der Waals surface area contributed by atoms with Crippen LogP contribution in [0.5, 0.6) is 0 Å². The molecule has 0 spiro atoms. The van der Waals surface area contributed by atoms with Crippen LogP contribution in [-0.4, -0.2) is 48.9 Å². The van der Waals surface area contributed by atoms with E-state index in [0.717, 1.165) is 33.8 Å². The van der Waals surface area contributed by atoms with Crippen LogP contribution in [0.4, 0.5) is 11.5 Å². The van der Waals surface area contributed by atoms with Gasteiger partial charge in [0.15, 0.2) is 11.9 Å². The summed E-state index contributed by atoms with van der Waals surface area (Å²) in [4.78, 5) is 18.4. The highest BCUT2D eigenvalue weighted by Crippen LogP contribution is 2.24.